The van der Waals surface area contributed by atoms with Crippen molar-refractivity contribution in [1.29, 1.82) is 0 Å². The molecule has 1 amide bonds. The minimum atomic E-state index is -0.441. The fourth-order valence-corrected chi connectivity index (χ4v) is 1.52. The number of hydrazone groups is 1. The second-order valence-electron chi connectivity index (χ2n) is 3.42. The first-order valence-electron chi connectivity index (χ1n) is 4.81. The summed E-state index contributed by atoms with van der Waals surface area (Å²) in [7, 11) is 0. The highest BCUT2D eigenvalue weighted by Gasteiger charge is 2.22. The number of para-hydroxylation sites is 1. The van der Waals surface area contributed by atoms with Crippen LogP contribution in [-0.2, 0) is 4.79 Å². The van der Waals surface area contributed by atoms with Crippen molar-refractivity contribution in [1.82, 2.24) is 5.43 Å². The number of rotatable bonds is 2. The SMILES string of the molecule is O=C1CC/[N+](=C/c2ccccc2[N+](=O)[O-])N1. The number of nitrogens with one attached hydrogen (secondary N) is 1. The van der Waals surface area contributed by atoms with Crippen molar-refractivity contribution >= 4 is 17.8 Å². The van der Waals surface area contributed by atoms with E-state index in [1.807, 2.05) is 0 Å². The Morgan fingerprint density at radius 1 is 1.44 bits per heavy atom. The molecule has 1 aromatic carbocycles. The quantitative estimate of drug-likeness (QED) is 0.447. The van der Waals surface area contributed by atoms with Crippen LogP contribution in [0, 0.1) is 10.1 Å². The average molecular weight is 220 g/mol. The molecule has 0 saturated carbocycles. The second-order valence-corrected chi connectivity index (χ2v) is 3.42. The monoisotopic (exact) mass is 220 g/mol. The highest BCUT2D eigenvalue weighted by Crippen LogP contribution is 2.15. The van der Waals surface area contributed by atoms with Gasteiger partial charge in [0, 0.05) is 6.07 Å². The molecule has 0 bridgehead atoms. The normalized spacial score (nSPS) is 17.5. The van der Waals surface area contributed by atoms with Crippen LogP contribution in [0.15, 0.2) is 24.3 Å². The number of carbonyl (C=O) groups is 1. The molecule has 1 aliphatic rings. The Balaban J connectivity index is 2.34. The van der Waals surface area contributed by atoms with Crippen molar-refractivity contribution in [3.05, 3.63) is 39.9 Å². The van der Waals surface area contributed by atoms with Gasteiger partial charge in [0.1, 0.15) is 5.56 Å². The Kier molecular flexibility index (Phi) is 2.63. The predicted octanol–water partition coefficient (Wildman–Crippen LogP) is 0.461. The third-order valence-corrected chi connectivity index (χ3v) is 2.28. The number of nitrogens with zero attached hydrogens (tertiary/aromatic N) is 2. The number of hydrogen-bond donors (Lipinski definition) is 1. The molecule has 2 rings (SSSR count). The van der Waals surface area contributed by atoms with Crippen LogP contribution in [-0.4, -0.2) is 28.3 Å². The first-order chi connectivity index (χ1) is 7.66. The van der Waals surface area contributed by atoms with Gasteiger partial charge >= 0.3 is 0 Å². The van der Waals surface area contributed by atoms with Crippen molar-refractivity contribution < 1.29 is 14.4 Å². The Morgan fingerprint density at radius 2 is 2.19 bits per heavy atom. The molecule has 0 unspecified atom stereocenters. The maximum Gasteiger partial charge on any atom is 0.282 e. The molecule has 6 heteroatoms. The van der Waals surface area contributed by atoms with Crippen LogP contribution in [0.5, 0.6) is 0 Å². The Bertz CT molecular complexity index is 482. The Morgan fingerprint density at radius 3 is 2.81 bits per heavy atom. The van der Waals surface area contributed by atoms with Gasteiger partial charge in [-0.3, -0.25) is 14.9 Å². The van der Waals surface area contributed by atoms with Crippen molar-refractivity contribution in [2.24, 2.45) is 0 Å². The number of hydrogen-bond acceptors (Lipinski definition) is 3. The number of nitro groups is 1. The summed E-state index contributed by atoms with van der Waals surface area (Å²) in [5.41, 5.74) is 3.10. The molecule has 0 spiro atoms. The molecule has 1 fully saturated rings. The summed E-state index contributed by atoms with van der Waals surface area (Å²) in [6.07, 6.45) is 1.99. The molecule has 0 atom stereocenters. The highest BCUT2D eigenvalue weighted by molar-refractivity contribution is 5.83. The topological polar surface area (TPSA) is 75.2 Å². The zero-order chi connectivity index (χ0) is 11.5. The van der Waals surface area contributed by atoms with Crippen molar-refractivity contribution in [3.8, 4) is 0 Å². The maximum atomic E-state index is 11.0. The van der Waals surface area contributed by atoms with E-state index in [2.05, 4.69) is 5.43 Å². The first kappa shape index (κ1) is 10.3. The van der Waals surface area contributed by atoms with Crippen molar-refractivity contribution in [3.63, 3.8) is 0 Å². The lowest BCUT2D eigenvalue weighted by molar-refractivity contribution is -0.553. The summed E-state index contributed by atoms with van der Waals surface area (Å²) >= 11 is 0. The lowest BCUT2D eigenvalue weighted by Gasteiger charge is -1.95. The fraction of sp³-hybridized carbons (Fsp3) is 0.200. The van der Waals surface area contributed by atoms with E-state index in [1.54, 1.807) is 29.1 Å². The van der Waals surface area contributed by atoms with Crippen LogP contribution in [0.3, 0.4) is 0 Å². The third-order valence-electron chi connectivity index (χ3n) is 2.28. The van der Waals surface area contributed by atoms with Gasteiger partial charge in [-0.2, -0.15) is 0 Å². The van der Waals surface area contributed by atoms with Gasteiger partial charge in [0.05, 0.1) is 11.3 Å². The summed E-state index contributed by atoms with van der Waals surface area (Å²) in [6.45, 7) is 0.533. The van der Waals surface area contributed by atoms with Gasteiger partial charge in [0.25, 0.3) is 11.6 Å². The number of amides is 1. The molecule has 0 aromatic heterocycles. The summed E-state index contributed by atoms with van der Waals surface area (Å²) in [5, 5.41) is 10.7. The van der Waals surface area contributed by atoms with Crippen LogP contribution in [0.2, 0.25) is 0 Å². The minimum Gasteiger partial charge on any atom is -0.269 e. The van der Waals surface area contributed by atoms with E-state index in [1.165, 1.54) is 6.07 Å². The minimum absolute atomic E-state index is 0.0312. The van der Waals surface area contributed by atoms with Gasteiger partial charge < -0.3 is 0 Å². The molecular formula is C10H10N3O3+. The lowest BCUT2D eigenvalue weighted by atomic mass is 10.2. The molecule has 0 radical (unpaired) electrons. The summed E-state index contributed by atoms with van der Waals surface area (Å²) < 4.78 is 1.56. The Labute approximate surface area is 91.3 Å². The average Bonchev–Trinajstić information content (AvgIpc) is 2.64. The van der Waals surface area contributed by atoms with E-state index in [-0.39, 0.29) is 11.6 Å². The molecule has 1 heterocycles. The second kappa shape index (κ2) is 4.09. The van der Waals surface area contributed by atoms with Crippen LogP contribution in [0.1, 0.15) is 12.0 Å². The molecule has 1 aliphatic heterocycles. The van der Waals surface area contributed by atoms with E-state index < -0.39 is 4.92 Å². The van der Waals surface area contributed by atoms with E-state index >= 15 is 0 Å². The largest absolute Gasteiger partial charge is 0.282 e. The fourth-order valence-electron chi connectivity index (χ4n) is 1.52. The molecule has 1 saturated heterocycles. The summed E-state index contributed by atoms with van der Waals surface area (Å²) in [4.78, 5) is 21.3. The van der Waals surface area contributed by atoms with E-state index in [0.717, 1.165) is 0 Å². The summed E-state index contributed by atoms with van der Waals surface area (Å²) in [6, 6.07) is 6.40. The standard InChI is InChI=1S/C10H9N3O3/c14-10-5-6-12(11-10)7-8-3-1-2-4-9(8)13(15)16/h1-4,7H,5-6H2/p+1/b12-7-. The van der Waals surface area contributed by atoms with Gasteiger partial charge in [-0.1, -0.05) is 12.1 Å². The van der Waals surface area contributed by atoms with Crippen LogP contribution < -0.4 is 5.43 Å². The number of benzene rings is 1. The molecule has 0 aliphatic carbocycles. The van der Waals surface area contributed by atoms with Gasteiger partial charge in [0.2, 0.25) is 6.21 Å². The highest BCUT2D eigenvalue weighted by atomic mass is 16.6. The number of hydrazine groups is 1. The van der Waals surface area contributed by atoms with Gasteiger partial charge in [-0.25, -0.2) is 0 Å². The number of carbonyl (C=O) groups excluding carboxylic acids is 1. The summed E-state index contributed by atoms with van der Waals surface area (Å²) in [5.74, 6) is -0.0742. The predicted molar refractivity (Wildman–Crippen MR) is 56.1 cm³/mol. The molecule has 6 nitrogen and oxygen atoms in total. The molecule has 16 heavy (non-hydrogen) atoms. The molecule has 82 valence electrons. The van der Waals surface area contributed by atoms with Crippen LogP contribution >= 0.6 is 0 Å². The van der Waals surface area contributed by atoms with Crippen LogP contribution in [0.4, 0.5) is 5.69 Å². The maximum absolute atomic E-state index is 11.0. The Hall–Kier alpha value is -2.24. The van der Waals surface area contributed by atoms with E-state index in [4.69, 9.17) is 0 Å². The van der Waals surface area contributed by atoms with Crippen molar-refractivity contribution in [2.75, 3.05) is 6.54 Å². The van der Waals surface area contributed by atoms with E-state index in [0.29, 0.717) is 18.5 Å². The molecule has 1 N–H and O–H groups in total. The lowest BCUT2D eigenvalue weighted by Crippen LogP contribution is -2.25. The van der Waals surface area contributed by atoms with Crippen molar-refractivity contribution in [2.45, 2.75) is 6.42 Å². The van der Waals surface area contributed by atoms with Gasteiger partial charge in [-0.05, 0) is 6.07 Å². The zero-order valence-corrected chi connectivity index (χ0v) is 8.42. The number of nitro benzene ring substituents is 1. The van der Waals surface area contributed by atoms with Gasteiger partial charge in [0.15, 0.2) is 6.54 Å². The van der Waals surface area contributed by atoms with Crippen LogP contribution in [0.25, 0.3) is 0 Å². The van der Waals surface area contributed by atoms with E-state index in [9.17, 15) is 14.9 Å². The molecular weight excluding hydrogens is 210 g/mol. The zero-order valence-electron chi connectivity index (χ0n) is 8.42. The molecule has 1 aromatic rings. The first-order valence-corrected chi connectivity index (χ1v) is 4.81. The third kappa shape index (κ3) is 2.05. The van der Waals surface area contributed by atoms with Gasteiger partial charge in [-0.15, -0.1) is 10.1 Å². The smallest absolute Gasteiger partial charge is 0.269 e.